The van der Waals surface area contributed by atoms with E-state index in [4.69, 9.17) is 9.47 Å². The van der Waals surface area contributed by atoms with E-state index in [1.807, 2.05) is 12.1 Å². The molecule has 0 unspecified atom stereocenters. The Bertz CT molecular complexity index is 579. The first kappa shape index (κ1) is 22.8. The van der Waals surface area contributed by atoms with Gasteiger partial charge >= 0.3 is 0 Å². The highest BCUT2D eigenvalue weighted by Gasteiger charge is 2.22. The summed E-state index contributed by atoms with van der Waals surface area (Å²) in [4.78, 5) is 12.1. The van der Waals surface area contributed by atoms with E-state index in [0.717, 1.165) is 48.5 Å². The van der Waals surface area contributed by atoms with Crippen molar-refractivity contribution in [2.24, 2.45) is 0 Å². The number of unbranched alkanes of at least 4 members (excludes halogenated alkanes) is 10. The Morgan fingerprint density at radius 3 is 1.75 bits per heavy atom. The van der Waals surface area contributed by atoms with E-state index in [-0.39, 0.29) is 5.78 Å². The normalized spacial score (nSPS) is 13.0. The molecule has 0 saturated heterocycles. The molecule has 0 spiro atoms. The molecule has 1 aliphatic rings. The molecule has 0 N–H and O–H groups in total. The molecule has 28 heavy (non-hydrogen) atoms. The van der Waals surface area contributed by atoms with Crippen LogP contribution in [0.25, 0.3) is 0 Å². The number of hydrogen-bond donors (Lipinski definition) is 0. The maximum Gasteiger partial charge on any atom is 0.163 e. The lowest BCUT2D eigenvalue weighted by molar-refractivity contribution is 0.0994. The average molecular weight is 389 g/mol. The molecule has 0 atom stereocenters. The third-order valence-electron chi connectivity index (χ3n) is 5.60. The maximum absolute atomic E-state index is 12.1. The van der Waals surface area contributed by atoms with Crippen molar-refractivity contribution < 1.29 is 14.3 Å². The molecule has 1 aromatic carbocycles. The zero-order chi connectivity index (χ0) is 20.0. The van der Waals surface area contributed by atoms with Crippen LogP contribution in [0.4, 0.5) is 0 Å². The Kier molecular flexibility index (Phi) is 11.1. The first-order valence-electron chi connectivity index (χ1n) is 11.7. The largest absolute Gasteiger partial charge is 0.490 e. The minimum Gasteiger partial charge on any atom is -0.490 e. The van der Waals surface area contributed by atoms with Crippen LogP contribution in [-0.4, -0.2) is 19.0 Å². The van der Waals surface area contributed by atoms with Crippen molar-refractivity contribution in [3.63, 3.8) is 0 Å². The number of rotatable bonds is 16. The number of hydrogen-bond acceptors (Lipinski definition) is 3. The van der Waals surface area contributed by atoms with Crippen molar-refractivity contribution >= 4 is 5.78 Å². The summed E-state index contributed by atoms with van der Waals surface area (Å²) in [6.07, 6.45) is 16.4. The van der Waals surface area contributed by atoms with E-state index in [9.17, 15) is 4.79 Å². The molecule has 0 bridgehead atoms. The summed E-state index contributed by atoms with van der Waals surface area (Å²) >= 11 is 0. The fourth-order valence-corrected chi connectivity index (χ4v) is 3.81. The Labute approximate surface area is 172 Å². The van der Waals surface area contributed by atoms with Gasteiger partial charge in [0, 0.05) is 12.0 Å². The lowest BCUT2D eigenvalue weighted by Crippen LogP contribution is -2.04. The molecule has 158 valence electrons. The number of fused-ring (bicyclic) bond motifs is 1. The van der Waals surface area contributed by atoms with Gasteiger partial charge in [-0.1, -0.05) is 78.1 Å². The minimum absolute atomic E-state index is 0.238. The van der Waals surface area contributed by atoms with Crippen molar-refractivity contribution in [2.45, 2.75) is 104 Å². The number of Topliss-reactive ketones (excluding diaryl/α,β-unsaturated/α-hetero) is 1. The Hall–Kier alpha value is -1.51. The topological polar surface area (TPSA) is 35.5 Å². The lowest BCUT2D eigenvalue weighted by Gasteiger charge is -2.15. The molecule has 3 nitrogen and oxygen atoms in total. The molecule has 1 aliphatic carbocycles. The number of carbonyl (C=O) groups excluding carboxylic acids is 1. The highest BCUT2D eigenvalue weighted by Crippen LogP contribution is 2.35. The molecular weight excluding hydrogens is 348 g/mol. The third kappa shape index (κ3) is 7.85. The van der Waals surface area contributed by atoms with Crippen LogP contribution in [0.2, 0.25) is 0 Å². The van der Waals surface area contributed by atoms with Gasteiger partial charge in [0.15, 0.2) is 17.3 Å². The van der Waals surface area contributed by atoms with Crippen LogP contribution in [0, 0.1) is 0 Å². The van der Waals surface area contributed by atoms with Crippen LogP contribution in [0.3, 0.4) is 0 Å². The molecule has 0 radical (unpaired) electrons. The maximum atomic E-state index is 12.1. The predicted molar refractivity (Wildman–Crippen MR) is 117 cm³/mol. The molecule has 2 rings (SSSR count). The van der Waals surface area contributed by atoms with Crippen LogP contribution >= 0.6 is 0 Å². The summed E-state index contributed by atoms with van der Waals surface area (Å²) in [5, 5.41) is 0. The van der Waals surface area contributed by atoms with Crippen LogP contribution in [0.5, 0.6) is 11.5 Å². The fourth-order valence-electron chi connectivity index (χ4n) is 3.81. The van der Waals surface area contributed by atoms with E-state index in [1.54, 1.807) is 0 Å². The summed E-state index contributed by atoms with van der Waals surface area (Å²) in [7, 11) is 0. The average Bonchev–Trinajstić information content (AvgIpc) is 3.06. The molecule has 1 aromatic rings. The van der Waals surface area contributed by atoms with Gasteiger partial charge in [-0.2, -0.15) is 0 Å². The first-order valence-corrected chi connectivity index (χ1v) is 11.7. The zero-order valence-electron chi connectivity index (χ0n) is 18.2. The summed E-state index contributed by atoms with van der Waals surface area (Å²) < 4.78 is 12.1. The van der Waals surface area contributed by atoms with Crippen molar-refractivity contribution in [1.29, 1.82) is 0 Å². The van der Waals surface area contributed by atoms with Gasteiger partial charge in [-0.05, 0) is 37.0 Å². The van der Waals surface area contributed by atoms with Gasteiger partial charge in [0.1, 0.15) is 0 Å². The number of aryl methyl sites for hydroxylation is 1. The highest BCUT2D eigenvalue weighted by atomic mass is 16.5. The van der Waals surface area contributed by atoms with Gasteiger partial charge in [-0.3, -0.25) is 4.79 Å². The van der Waals surface area contributed by atoms with Gasteiger partial charge in [-0.15, -0.1) is 0 Å². The number of benzene rings is 1. The molecule has 0 saturated carbocycles. The quantitative estimate of drug-likeness (QED) is 0.279. The summed E-state index contributed by atoms with van der Waals surface area (Å²) in [5.41, 5.74) is 1.96. The lowest BCUT2D eigenvalue weighted by atomic mass is 10.1. The number of ketones is 1. The van der Waals surface area contributed by atoms with Crippen molar-refractivity contribution in [3.8, 4) is 11.5 Å². The van der Waals surface area contributed by atoms with Crippen LogP contribution in [0.15, 0.2) is 12.1 Å². The second-order valence-electron chi connectivity index (χ2n) is 8.11. The second-order valence-corrected chi connectivity index (χ2v) is 8.11. The molecule has 0 fully saturated rings. The highest BCUT2D eigenvalue weighted by molar-refractivity contribution is 6.01. The van der Waals surface area contributed by atoms with Crippen LogP contribution < -0.4 is 9.47 Å². The Morgan fingerprint density at radius 1 is 0.679 bits per heavy atom. The predicted octanol–water partition coefficient (Wildman–Crippen LogP) is 7.29. The van der Waals surface area contributed by atoms with E-state index in [0.29, 0.717) is 13.0 Å². The summed E-state index contributed by atoms with van der Waals surface area (Å²) in [6, 6.07) is 3.98. The van der Waals surface area contributed by atoms with E-state index in [1.165, 1.54) is 64.2 Å². The Balaban J connectivity index is 1.81. The van der Waals surface area contributed by atoms with Crippen molar-refractivity contribution in [1.82, 2.24) is 0 Å². The zero-order valence-corrected chi connectivity index (χ0v) is 18.2. The summed E-state index contributed by atoms with van der Waals surface area (Å²) in [5.74, 6) is 1.82. The molecular formula is C25H40O3. The van der Waals surface area contributed by atoms with Gasteiger partial charge in [-0.25, -0.2) is 0 Å². The van der Waals surface area contributed by atoms with E-state index in [2.05, 4.69) is 13.8 Å². The first-order chi connectivity index (χ1) is 13.8. The van der Waals surface area contributed by atoms with E-state index >= 15 is 0 Å². The summed E-state index contributed by atoms with van der Waals surface area (Å²) in [6.45, 7) is 5.91. The third-order valence-corrected chi connectivity index (χ3v) is 5.60. The molecule has 3 heteroatoms. The SMILES string of the molecule is CCCCCCCCOc1cc2c(cc1OCCCCCCCC)C(=O)CC2. The minimum atomic E-state index is 0.238. The van der Waals surface area contributed by atoms with Crippen molar-refractivity contribution in [3.05, 3.63) is 23.3 Å². The molecule has 0 amide bonds. The number of carbonyl (C=O) groups is 1. The van der Waals surface area contributed by atoms with Crippen LogP contribution in [0.1, 0.15) is 113 Å². The monoisotopic (exact) mass is 388 g/mol. The van der Waals surface area contributed by atoms with Crippen molar-refractivity contribution in [2.75, 3.05) is 13.2 Å². The van der Waals surface area contributed by atoms with Crippen LogP contribution in [-0.2, 0) is 6.42 Å². The smallest absolute Gasteiger partial charge is 0.163 e. The van der Waals surface area contributed by atoms with Gasteiger partial charge in [0.25, 0.3) is 0 Å². The molecule has 0 aliphatic heterocycles. The van der Waals surface area contributed by atoms with E-state index < -0.39 is 0 Å². The fraction of sp³-hybridized carbons (Fsp3) is 0.720. The molecule has 0 aromatic heterocycles. The van der Waals surface area contributed by atoms with Gasteiger partial charge < -0.3 is 9.47 Å². The molecule has 0 heterocycles. The Morgan fingerprint density at radius 2 is 1.18 bits per heavy atom. The second kappa shape index (κ2) is 13.6. The number of ether oxygens (including phenoxy) is 2. The van der Waals surface area contributed by atoms with Gasteiger partial charge in [0.05, 0.1) is 13.2 Å². The standard InChI is InChI=1S/C25H40O3/c1-3-5-7-9-11-13-17-27-24-19-21-15-16-23(26)22(21)20-25(24)28-18-14-12-10-8-6-4-2/h19-20H,3-18H2,1-2H3. The van der Waals surface area contributed by atoms with Gasteiger partial charge in [0.2, 0.25) is 0 Å².